The first kappa shape index (κ1) is 25.1. The Kier molecular flexibility index (Phi) is 7.84. The van der Waals surface area contributed by atoms with Crippen molar-refractivity contribution in [3.05, 3.63) is 42.5 Å². The van der Waals surface area contributed by atoms with Crippen molar-refractivity contribution >= 4 is 33.4 Å². The fourth-order valence-electron chi connectivity index (χ4n) is 5.13. The van der Waals surface area contributed by atoms with Crippen LogP contribution in [0.15, 0.2) is 42.5 Å². The summed E-state index contributed by atoms with van der Waals surface area (Å²) in [6.45, 7) is 5.71. The van der Waals surface area contributed by atoms with Crippen molar-refractivity contribution < 1.29 is 13.7 Å². The number of hydrogen-bond acceptors (Lipinski definition) is 4. The summed E-state index contributed by atoms with van der Waals surface area (Å²) in [6, 6.07) is 15.0. The zero-order valence-corrected chi connectivity index (χ0v) is 22.1. The fourth-order valence-corrected chi connectivity index (χ4v) is 6.18. The lowest BCUT2D eigenvalue weighted by Gasteiger charge is -2.30. The number of ether oxygens (including phenoxy) is 2. The molecule has 0 radical (unpaired) electrons. The first-order valence-corrected chi connectivity index (χ1v) is 14.4. The smallest absolute Gasteiger partial charge is 0.193 e. The molecule has 2 fully saturated rings. The van der Waals surface area contributed by atoms with Crippen LogP contribution in [0.4, 0.5) is 11.4 Å². The van der Waals surface area contributed by atoms with E-state index >= 15 is 0 Å². The highest BCUT2D eigenvalue weighted by molar-refractivity contribution is 7.84. The van der Waals surface area contributed by atoms with Crippen LogP contribution >= 0.6 is 0 Å². The normalized spacial score (nSPS) is 17.9. The maximum atomic E-state index is 12.5. The summed E-state index contributed by atoms with van der Waals surface area (Å²) in [5, 5.41) is 1.06. The number of hydrogen-bond donors (Lipinski definition) is 3. The zero-order chi connectivity index (χ0) is 25.1. The van der Waals surface area contributed by atoms with E-state index in [0.717, 1.165) is 91.0 Å². The Balaban J connectivity index is 1.43. The summed E-state index contributed by atoms with van der Waals surface area (Å²) in [5.41, 5.74) is 11.6. The summed E-state index contributed by atoms with van der Waals surface area (Å²) in [4.78, 5) is 0. The topological polar surface area (TPSA) is 90.5 Å². The van der Waals surface area contributed by atoms with Gasteiger partial charge in [0.05, 0.1) is 30.1 Å². The molecule has 36 heavy (non-hydrogen) atoms. The summed E-state index contributed by atoms with van der Waals surface area (Å²) in [7, 11) is 0. The Bertz CT molecular complexity index is 1200. The molecule has 0 amide bonds. The van der Waals surface area contributed by atoms with E-state index in [9.17, 15) is 4.21 Å². The van der Waals surface area contributed by atoms with Gasteiger partial charge in [-0.3, -0.25) is 4.72 Å². The number of nitrogen functional groups attached to an aromatic ring is 1. The lowest BCUT2D eigenvalue weighted by atomic mass is 9.92. The molecule has 1 aromatic heterocycles. The number of aromatic nitrogens is 1. The zero-order valence-electron chi connectivity index (χ0n) is 21.3. The van der Waals surface area contributed by atoms with Gasteiger partial charge in [-0.15, -0.1) is 0 Å². The van der Waals surface area contributed by atoms with E-state index in [0.29, 0.717) is 6.04 Å². The van der Waals surface area contributed by atoms with Gasteiger partial charge in [-0.1, -0.05) is 26.0 Å². The number of fused-ring (bicyclic) bond motifs is 1. The van der Waals surface area contributed by atoms with Gasteiger partial charge in [0.1, 0.15) is 11.9 Å². The van der Waals surface area contributed by atoms with Crippen LogP contribution in [0.5, 0.6) is 5.75 Å². The van der Waals surface area contributed by atoms with E-state index in [1.807, 2.05) is 18.2 Å². The molecule has 1 saturated heterocycles. The lowest BCUT2D eigenvalue weighted by molar-refractivity contribution is 0.0256. The average molecular weight is 511 g/mol. The first-order valence-electron chi connectivity index (χ1n) is 13.3. The molecule has 0 bridgehead atoms. The molecule has 1 aliphatic heterocycles. The third kappa shape index (κ3) is 5.26. The second kappa shape index (κ2) is 11.2. The van der Waals surface area contributed by atoms with Crippen LogP contribution in [0, 0.1) is 0 Å². The molecule has 2 heterocycles. The molecule has 7 nitrogen and oxygen atoms in total. The molecule has 1 aliphatic carbocycles. The van der Waals surface area contributed by atoms with Gasteiger partial charge in [0.25, 0.3) is 0 Å². The Morgan fingerprint density at radius 1 is 1.08 bits per heavy atom. The van der Waals surface area contributed by atoms with Gasteiger partial charge in [0.15, 0.2) is 11.2 Å². The van der Waals surface area contributed by atoms with E-state index in [-0.39, 0.29) is 12.1 Å². The quantitative estimate of drug-likeness (QED) is 0.315. The molecule has 194 valence electrons. The monoisotopic (exact) mass is 510 g/mol. The molecular formula is C28H38N4O3S. The van der Waals surface area contributed by atoms with Crippen LogP contribution in [0.1, 0.15) is 64.8 Å². The number of nitrogens with zero attached hydrogens (tertiary/aromatic N) is 1. The molecule has 1 saturated carbocycles. The van der Waals surface area contributed by atoms with E-state index in [4.69, 9.17) is 15.2 Å². The van der Waals surface area contributed by atoms with Gasteiger partial charge in [-0.05, 0) is 56.4 Å². The molecule has 2 aromatic carbocycles. The summed E-state index contributed by atoms with van der Waals surface area (Å²) >= 11 is -1.33. The third-order valence-corrected chi connectivity index (χ3v) is 8.52. The second-order valence-electron chi connectivity index (χ2n) is 9.90. The standard InChI is InChI=1S/C28H38N4O3S/c1-3-20(4-2)30-36(33)31-21-10-8-19(9-11-21)28-27(29)25-13-12-24(35-23-14-16-34-17-15-23)18-26(25)32(28)22-6-5-7-22/h8-13,18,20,22-23,30-31H,3-7,14-17,29H2,1-2H3. The molecule has 3 aromatic rings. The summed E-state index contributed by atoms with van der Waals surface area (Å²) < 4.78 is 32.9. The Morgan fingerprint density at radius 3 is 2.44 bits per heavy atom. The minimum atomic E-state index is -1.33. The molecule has 5 rings (SSSR count). The number of nitrogens with one attached hydrogen (secondary N) is 2. The Morgan fingerprint density at radius 2 is 1.81 bits per heavy atom. The fraction of sp³-hybridized carbons (Fsp3) is 0.500. The van der Waals surface area contributed by atoms with Crippen molar-refractivity contribution in [2.75, 3.05) is 23.7 Å². The molecule has 2 aliphatic rings. The van der Waals surface area contributed by atoms with Gasteiger partial charge < -0.3 is 19.8 Å². The van der Waals surface area contributed by atoms with Gasteiger partial charge in [-0.2, -0.15) is 0 Å². The number of nitrogens with two attached hydrogens (primary N) is 1. The van der Waals surface area contributed by atoms with Crippen molar-refractivity contribution in [3.8, 4) is 17.0 Å². The van der Waals surface area contributed by atoms with Crippen LogP contribution in [0.2, 0.25) is 0 Å². The number of benzene rings is 2. The molecule has 4 N–H and O–H groups in total. The molecule has 1 unspecified atom stereocenters. The maximum absolute atomic E-state index is 12.5. The van der Waals surface area contributed by atoms with E-state index < -0.39 is 11.2 Å². The minimum Gasteiger partial charge on any atom is -0.490 e. The third-order valence-electron chi connectivity index (χ3n) is 7.55. The van der Waals surface area contributed by atoms with E-state index in [1.54, 1.807) is 0 Å². The van der Waals surface area contributed by atoms with Crippen molar-refractivity contribution in [1.29, 1.82) is 0 Å². The number of rotatable bonds is 10. The highest BCUT2D eigenvalue weighted by atomic mass is 32.2. The van der Waals surface area contributed by atoms with Crippen LogP contribution < -0.4 is 19.9 Å². The molecule has 0 spiro atoms. The van der Waals surface area contributed by atoms with E-state index in [1.165, 1.54) is 6.42 Å². The van der Waals surface area contributed by atoms with Crippen molar-refractivity contribution in [2.24, 2.45) is 0 Å². The lowest BCUT2D eigenvalue weighted by Crippen LogP contribution is -2.33. The predicted octanol–water partition coefficient (Wildman–Crippen LogP) is 5.94. The molecular weight excluding hydrogens is 472 g/mol. The van der Waals surface area contributed by atoms with Crippen molar-refractivity contribution in [3.63, 3.8) is 0 Å². The highest BCUT2D eigenvalue weighted by Crippen LogP contribution is 2.45. The van der Waals surface area contributed by atoms with Crippen molar-refractivity contribution in [2.45, 2.75) is 77.0 Å². The first-order chi connectivity index (χ1) is 17.6. The van der Waals surface area contributed by atoms with Crippen LogP contribution in [0.25, 0.3) is 22.2 Å². The van der Waals surface area contributed by atoms with Crippen LogP contribution in [0.3, 0.4) is 0 Å². The predicted molar refractivity (Wildman–Crippen MR) is 148 cm³/mol. The van der Waals surface area contributed by atoms with Crippen LogP contribution in [-0.4, -0.2) is 34.1 Å². The second-order valence-corrected chi connectivity index (χ2v) is 10.9. The highest BCUT2D eigenvalue weighted by Gasteiger charge is 2.27. The van der Waals surface area contributed by atoms with Gasteiger partial charge in [-0.25, -0.2) is 8.93 Å². The van der Waals surface area contributed by atoms with Gasteiger partial charge >= 0.3 is 0 Å². The largest absolute Gasteiger partial charge is 0.490 e. The molecule has 1 atom stereocenters. The summed E-state index contributed by atoms with van der Waals surface area (Å²) in [5.74, 6) is 0.894. The SMILES string of the molecule is CCC(CC)NS(=O)Nc1ccc(-c2c(N)c3ccc(OC4CCOCC4)cc3n2C2CCC2)cc1. The maximum Gasteiger partial charge on any atom is 0.193 e. The Hall–Kier alpha value is -2.55. The molecule has 8 heteroatoms. The van der Waals surface area contributed by atoms with Crippen molar-refractivity contribution in [1.82, 2.24) is 9.29 Å². The minimum absolute atomic E-state index is 0.199. The Labute approximate surface area is 216 Å². The number of anilines is 2. The summed E-state index contributed by atoms with van der Waals surface area (Å²) in [6.07, 6.45) is 7.47. The van der Waals surface area contributed by atoms with Gasteiger partial charge in [0, 0.05) is 47.6 Å². The van der Waals surface area contributed by atoms with E-state index in [2.05, 4.69) is 52.1 Å². The average Bonchev–Trinajstić information content (AvgIpc) is 3.14. The van der Waals surface area contributed by atoms with Crippen LogP contribution in [-0.2, 0) is 15.9 Å². The van der Waals surface area contributed by atoms with Gasteiger partial charge in [0.2, 0.25) is 0 Å².